The first-order valence-corrected chi connectivity index (χ1v) is 7.44. The van der Waals surface area contributed by atoms with Crippen molar-refractivity contribution in [1.29, 1.82) is 0 Å². The van der Waals surface area contributed by atoms with Crippen LogP contribution >= 0.6 is 0 Å². The highest BCUT2D eigenvalue weighted by Crippen LogP contribution is 2.20. The summed E-state index contributed by atoms with van der Waals surface area (Å²) in [5, 5.41) is 13.6. The minimum Gasteiger partial charge on any atom is -0.489 e. The molecule has 0 aromatic heterocycles. The molecule has 110 valence electrons. The number of hydrogen-bond donors (Lipinski definition) is 2. The van der Waals surface area contributed by atoms with Crippen LogP contribution in [0.2, 0.25) is 0 Å². The van der Waals surface area contributed by atoms with Crippen molar-refractivity contribution in [3.05, 3.63) is 42.0 Å². The average Bonchev–Trinajstić information content (AvgIpc) is 2.96. The zero-order valence-corrected chi connectivity index (χ0v) is 12.3. The van der Waals surface area contributed by atoms with E-state index in [0.29, 0.717) is 19.2 Å². The van der Waals surface area contributed by atoms with Gasteiger partial charge in [-0.1, -0.05) is 31.6 Å². The minimum atomic E-state index is -0.453. The first-order chi connectivity index (χ1) is 9.65. The lowest BCUT2D eigenvalue weighted by Crippen LogP contribution is -2.30. The minimum absolute atomic E-state index is 0.453. The molecule has 2 rings (SSSR count). The monoisotopic (exact) mass is 275 g/mol. The third kappa shape index (κ3) is 4.66. The quantitative estimate of drug-likeness (QED) is 0.751. The highest BCUT2D eigenvalue weighted by Gasteiger charge is 2.16. The lowest BCUT2D eigenvalue weighted by Gasteiger charge is -2.16. The van der Waals surface area contributed by atoms with Gasteiger partial charge in [0.05, 0.1) is 6.10 Å². The maximum atomic E-state index is 10.2. The summed E-state index contributed by atoms with van der Waals surface area (Å²) in [6.45, 7) is 6.90. The van der Waals surface area contributed by atoms with E-state index in [9.17, 15) is 5.11 Å². The van der Waals surface area contributed by atoms with E-state index >= 15 is 0 Å². The Labute approximate surface area is 121 Å². The molecule has 2 N–H and O–H groups in total. The van der Waals surface area contributed by atoms with Crippen LogP contribution in [0.5, 0.6) is 5.75 Å². The molecule has 0 amide bonds. The van der Waals surface area contributed by atoms with Crippen LogP contribution in [0, 0.1) is 0 Å². The zero-order chi connectivity index (χ0) is 14.4. The van der Waals surface area contributed by atoms with Crippen LogP contribution in [-0.2, 0) is 0 Å². The van der Waals surface area contributed by atoms with Gasteiger partial charge in [-0.25, -0.2) is 0 Å². The molecule has 1 fully saturated rings. The molecule has 1 aromatic carbocycles. The standard InChI is InChI=1S/C17H25NO2/c1-13(2)12-20-16-9-7-14(8-10-16)17(19)11-18-15-5-3-4-6-15/h7-10,15,17-19H,1,3-6,11-12H2,2H3. The fourth-order valence-corrected chi connectivity index (χ4v) is 2.52. The molecule has 0 radical (unpaired) electrons. The van der Waals surface area contributed by atoms with Crippen molar-refractivity contribution < 1.29 is 9.84 Å². The number of rotatable bonds is 7. The van der Waals surface area contributed by atoms with Gasteiger partial charge in [0.15, 0.2) is 0 Å². The fraction of sp³-hybridized carbons (Fsp3) is 0.529. The molecule has 0 saturated heterocycles. The van der Waals surface area contributed by atoms with Crippen molar-refractivity contribution in [2.45, 2.75) is 44.8 Å². The van der Waals surface area contributed by atoms with Crippen LogP contribution in [0.25, 0.3) is 0 Å². The SMILES string of the molecule is C=C(C)COc1ccc(C(O)CNC2CCCC2)cc1. The molecular weight excluding hydrogens is 250 g/mol. The van der Waals surface area contributed by atoms with Gasteiger partial charge in [0.25, 0.3) is 0 Å². The van der Waals surface area contributed by atoms with Gasteiger partial charge in [-0.3, -0.25) is 0 Å². The van der Waals surface area contributed by atoms with Crippen LogP contribution < -0.4 is 10.1 Å². The summed E-state index contributed by atoms with van der Waals surface area (Å²) >= 11 is 0. The van der Waals surface area contributed by atoms with E-state index in [-0.39, 0.29) is 0 Å². The Hall–Kier alpha value is -1.32. The molecule has 0 bridgehead atoms. The van der Waals surface area contributed by atoms with Crippen molar-refractivity contribution in [2.24, 2.45) is 0 Å². The molecular formula is C17H25NO2. The number of ether oxygens (including phenoxy) is 1. The summed E-state index contributed by atoms with van der Waals surface area (Å²) in [5.74, 6) is 0.813. The molecule has 1 aliphatic rings. The van der Waals surface area contributed by atoms with Crippen molar-refractivity contribution in [1.82, 2.24) is 5.32 Å². The van der Waals surface area contributed by atoms with Gasteiger partial charge >= 0.3 is 0 Å². The molecule has 1 unspecified atom stereocenters. The van der Waals surface area contributed by atoms with Crippen molar-refractivity contribution >= 4 is 0 Å². The van der Waals surface area contributed by atoms with Crippen LogP contribution in [-0.4, -0.2) is 24.3 Å². The second kappa shape index (κ2) is 7.46. The molecule has 1 aliphatic carbocycles. The smallest absolute Gasteiger partial charge is 0.119 e. The Kier molecular flexibility index (Phi) is 5.62. The Bertz CT molecular complexity index is 421. The van der Waals surface area contributed by atoms with E-state index in [2.05, 4.69) is 11.9 Å². The molecule has 0 aliphatic heterocycles. The number of hydrogen-bond acceptors (Lipinski definition) is 3. The fourth-order valence-electron chi connectivity index (χ4n) is 2.52. The van der Waals surface area contributed by atoms with E-state index in [0.717, 1.165) is 16.9 Å². The van der Waals surface area contributed by atoms with Crippen molar-refractivity contribution in [2.75, 3.05) is 13.2 Å². The third-order valence-electron chi connectivity index (χ3n) is 3.71. The van der Waals surface area contributed by atoms with E-state index in [4.69, 9.17) is 4.74 Å². The van der Waals surface area contributed by atoms with Gasteiger partial charge in [-0.05, 0) is 43.0 Å². The lowest BCUT2D eigenvalue weighted by molar-refractivity contribution is 0.170. The van der Waals surface area contributed by atoms with Gasteiger partial charge in [-0.15, -0.1) is 0 Å². The first-order valence-electron chi connectivity index (χ1n) is 7.44. The maximum Gasteiger partial charge on any atom is 0.119 e. The van der Waals surface area contributed by atoms with Crippen molar-refractivity contribution in [3.8, 4) is 5.75 Å². The van der Waals surface area contributed by atoms with Gasteiger partial charge in [-0.2, -0.15) is 0 Å². The second-order valence-corrected chi connectivity index (χ2v) is 5.72. The summed E-state index contributed by atoms with van der Waals surface area (Å²) in [4.78, 5) is 0. The first kappa shape index (κ1) is 15.1. The maximum absolute atomic E-state index is 10.2. The topological polar surface area (TPSA) is 41.5 Å². The van der Waals surface area contributed by atoms with Gasteiger partial charge in [0.1, 0.15) is 12.4 Å². The molecule has 3 heteroatoms. The summed E-state index contributed by atoms with van der Waals surface area (Å²) < 4.78 is 5.55. The Morgan fingerprint density at radius 1 is 1.35 bits per heavy atom. The van der Waals surface area contributed by atoms with E-state index in [1.165, 1.54) is 25.7 Å². The largest absolute Gasteiger partial charge is 0.489 e. The number of aliphatic hydroxyl groups excluding tert-OH is 1. The van der Waals surface area contributed by atoms with Crippen LogP contribution in [0.3, 0.4) is 0 Å². The van der Waals surface area contributed by atoms with Gasteiger partial charge in [0, 0.05) is 12.6 Å². The lowest BCUT2D eigenvalue weighted by atomic mass is 10.1. The number of benzene rings is 1. The summed E-state index contributed by atoms with van der Waals surface area (Å²) in [6, 6.07) is 8.24. The molecule has 1 atom stereocenters. The highest BCUT2D eigenvalue weighted by atomic mass is 16.5. The van der Waals surface area contributed by atoms with Crippen LogP contribution in [0.4, 0.5) is 0 Å². The number of nitrogens with one attached hydrogen (secondary N) is 1. The normalized spacial score (nSPS) is 17.1. The predicted octanol–water partition coefficient (Wildman–Crippen LogP) is 3.21. The van der Waals surface area contributed by atoms with Gasteiger partial charge < -0.3 is 15.2 Å². The average molecular weight is 275 g/mol. The van der Waals surface area contributed by atoms with E-state index < -0.39 is 6.10 Å². The van der Waals surface area contributed by atoms with Crippen LogP contribution in [0.1, 0.15) is 44.3 Å². The van der Waals surface area contributed by atoms with Crippen LogP contribution in [0.15, 0.2) is 36.4 Å². The second-order valence-electron chi connectivity index (χ2n) is 5.72. The van der Waals surface area contributed by atoms with Crippen molar-refractivity contribution in [3.63, 3.8) is 0 Å². The molecule has 0 heterocycles. The predicted molar refractivity (Wildman–Crippen MR) is 82.0 cm³/mol. The molecule has 20 heavy (non-hydrogen) atoms. The van der Waals surface area contributed by atoms with E-state index in [1.807, 2.05) is 31.2 Å². The Balaban J connectivity index is 1.80. The molecule has 1 aromatic rings. The summed E-state index contributed by atoms with van der Waals surface area (Å²) in [7, 11) is 0. The third-order valence-corrected chi connectivity index (χ3v) is 3.71. The van der Waals surface area contributed by atoms with E-state index in [1.54, 1.807) is 0 Å². The van der Waals surface area contributed by atoms with Gasteiger partial charge in [0.2, 0.25) is 0 Å². The Morgan fingerprint density at radius 3 is 2.60 bits per heavy atom. The highest BCUT2D eigenvalue weighted by molar-refractivity contribution is 5.29. The Morgan fingerprint density at radius 2 is 2.00 bits per heavy atom. The number of aliphatic hydroxyl groups is 1. The molecule has 3 nitrogen and oxygen atoms in total. The molecule has 1 saturated carbocycles. The summed E-state index contributed by atoms with van der Waals surface area (Å²) in [6.07, 6.45) is 4.64. The summed E-state index contributed by atoms with van der Waals surface area (Å²) in [5.41, 5.74) is 1.92. The zero-order valence-electron chi connectivity index (χ0n) is 12.3. The molecule has 0 spiro atoms.